The highest BCUT2D eigenvalue weighted by atomic mass is 16.5. The summed E-state index contributed by atoms with van der Waals surface area (Å²) >= 11 is 0. The van der Waals surface area contributed by atoms with E-state index in [1.165, 1.54) is 5.56 Å². The van der Waals surface area contributed by atoms with E-state index in [1.807, 2.05) is 24.3 Å². The Morgan fingerprint density at radius 2 is 1.71 bits per heavy atom. The minimum absolute atomic E-state index is 0.164. The predicted molar refractivity (Wildman–Crippen MR) is 132 cm³/mol. The smallest absolute Gasteiger partial charge is 0.231 e. The number of ketones is 1. The monoisotopic (exact) mass is 473 g/mol. The van der Waals surface area contributed by atoms with Gasteiger partial charge in [-0.25, -0.2) is 0 Å². The summed E-state index contributed by atoms with van der Waals surface area (Å²) in [4.78, 5) is 15.4. The van der Waals surface area contributed by atoms with Gasteiger partial charge in [0.05, 0.1) is 32.5 Å². The lowest BCUT2D eigenvalue weighted by Crippen LogP contribution is -2.33. The van der Waals surface area contributed by atoms with Crippen LogP contribution in [-0.2, 0) is 13.0 Å². The van der Waals surface area contributed by atoms with Gasteiger partial charge in [-0.15, -0.1) is 0 Å². The minimum atomic E-state index is -0.164. The molecular formula is C28H27NO6. The van der Waals surface area contributed by atoms with Gasteiger partial charge in [0.15, 0.2) is 5.76 Å². The quantitative estimate of drug-likeness (QED) is 0.460. The normalized spacial score (nSPS) is 15.7. The molecule has 2 heterocycles. The highest BCUT2D eigenvalue weighted by molar-refractivity contribution is 6.15. The van der Waals surface area contributed by atoms with Crippen LogP contribution in [0.1, 0.15) is 27.0 Å². The van der Waals surface area contributed by atoms with Crippen molar-refractivity contribution in [2.45, 2.75) is 13.0 Å². The van der Waals surface area contributed by atoms with Crippen molar-refractivity contribution in [3.8, 4) is 28.7 Å². The van der Waals surface area contributed by atoms with Gasteiger partial charge in [0.25, 0.3) is 0 Å². The van der Waals surface area contributed by atoms with Gasteiger partial charge in [-0.2, -0.15) is 0 Å². The van der Waals surface area contributed by atoms with Gasteiger partial charge in [0.2, 0.25) is 5.78 Å². The number of hydrogen-bond donors (Lipinski definition) is 0. The summed E-state index contributed by atoms with van der Waals surface area (Å²) in [5.74, 6) is 3.53. The molecule has 35 heavy (non-hydrogen) atoms. The van der Waals surface area contributed by atoms with Crippen molar-refractivity contribution in [2.75, 3.05) is 34.6 Å². The summed E-state index contributed by atoms with van der Waals surface area (Å²) in [6.07, 6.45) is 2.57. The fourth-order valence-corrected chi connectivity index (χ4v) is 4.32. The lowest BCUT2D eigenvalue weighted by molar-refractivity contribution is 0.0949. The molecule has 5 rings (SSSR count). The Balaban J connectivity index is 1.36. The molecule has 2 aliphatic rings. The maximum atomic E-state index is 13.2. The van der Waals surface area contributed by atoms with Gasteiger partial charge in [-0.1, -0.05) is 12.1 Å². The Labute approximate surface area is 204 Å². The standard InChI is InChI=1S/C28H27NO6/c1-31-20-6-4-18(5-7-20)12-13-29-16-23-25(34-17-29)11-9-22-27(30)26(35-28(22)23)15-19-14-21(32-2)8-10-24(19)33-3/h4-11,14-15H,12-13,16-17H2,1-3H3/b26-15-. The van der Waals surface area contributed by atoms with Gasteiger partial charge >= 0.3 is 0 Å². The second kappa shape index (κ2) is 9.72. The van der Waals surface area contributed by atoms with Crippen LogP contribution in [0.3, 0.4) is 0 Å². The summed E-state index contributed by atoms with van der Waals surface area (Å²) in [5.41, 5.74) is 3.35. The Hall–Kier alpha value is -3.97. The van der Waals surface area contributed by atoms with Crippen LogP contribution in [0.15, 0.2) is 60.4 Å². The molecule has 3 aromatic carbocycles. The van der Waals surface area contributed by atoms with E-state index in [4.69, 9.17) is 23.7 Å². The van der Waals surface area contributed by atoms with E-state index in [0.717, 1.165) is 30.0 Å². The van der Waals surface area contributed by atoms with Gasteiger partial charge in [-0.3, -0.25) is 9.69 Å². The minimum Gasteiger partial charge on any atom is -0.497 e. The maximum Gasteiger partial charge on any atom is 0.231 e. The summed E-state index contributed by atoms with van der Waals surface area (Å²) in [5, 5.41) is 0. The number of Topliss-reactive ketones (excluding diaryl/α,β-unsaturated/α-hetero) is 1. The lowest BCUT2D eigenvalue weighted by Gasteiger charge is -2.29. The number of rotatable bonds is 7. The molecule has 0 fully saturated rings. The van der Waals surface area contributed by atoms with Crippen molar-refractivity contribution in [1.29, 1.82) is 0 Å². The number of carbonyl (C=O) groups is 1. The van der Waals surface area contributed by atoms with Crippen molar-refractivity contribution in [3.05, 3.63) is 82.6 Å². The Morgan fingerprint density at radius 3 is 2.46 bits per heavy atom. The first kappa shape index (κ1) is 22.8. The lowest BCUT2D eigenvalue weighted by atomic mass is 10.0. The van der Waals surface area contributed by atoms with E-state index in [1.54, 1.807) is 45.6 Å². The van der Waals surface area contributed by atoms with Crippen molar-refractivity contribution in [2.24, 2.45) is 0 Å². The molecule has 0 aliphatic carbocycles. The molecule has 7 heteroatoms. The molecule has 0 spiro atoms. The first-order valence-electron chi connectivity index (χ1n) is 11.4. The molecule has 0 N–H and O–H groups in total. The Bertz CT molecular complexity index is 1280. The van der Waals surface area contributed by atoms with Crippen LogP contribution in [0, 0.1) is 0 Å². The molecule has 0 bridgehead atoms. The highest BCUT2D eigenvalue weighted by Gasteiger charge is 2.33. The number of benzene rings is 3. The van der Waals surface area contributed by atoms with E-state index >= 15 is 0 Å². The van der Waals surface area contributed by atoms with Crippen molar-refractivity contribution in [1.82, 2.24) is 4.90 Å². The first-order chi connectivity index (χ1) is 17.1. The number of nitrogens with zero attached hydrogens (tertiary/aromatic N) is 1. The molecular weight excluding hydrogens is 446 g/mol. The molecule has 0 saturated carbocycles. The topological polar surface area (TPSA) is 66.5 Å². The third-order valence-corrected chi connectivity index (χ3v) is 6.28. The zero-order valence-electron chi connectivity index (χ0n) is 20.0. The number of carbonyl (C=O) groups excluding carboxylic acids is 1. The summed E-state index contributed by atoms with van der Waals surface area (Å²) in [6, 6.07) is 17.1. The third kappa shape index (κ3) is 4.55. The largest absolute Gasteiger partial charge is 0.497 e. The van der Waals surface area contributed by atoms with Crippen LogP contribution in [0.2, 0.25) is 0 Å². The molecule has 0 aromatic heterocycles. The summed E-state index contributed by atoms with van der Waals surface area (Å²) in [7, 11) is 4.85. The number of methoxy groups -OCH3 is 3. The Morgan fingerprint density at radius 1 is 0.943 bits per heavy atom. The van der Waals surface area contributed by atoms with Gasteiger partial charge < -0.3 is 23.7 Å². The molecule has 7 nitrogen and oxygen atoms in total. The van der Waals surface area contributed by atoms with Crippen LogP contribution in [-0.4, -0.2) is 45.3 Å². The van der Waals surface area contributed by atoms with Crippen molar-refractivity contribution < 1.29 is 28.5 Å². The van der Waals surface area contributed by atoms with Gasteiger partial charge in [0.1, 0.15) is 35.5 Å². The van der Waals surface area contributed by atoms with Crippen LogP contribution in [0.5, 0.6) is 28.7 Å². The van der Waals surface area contributed by atoms with Gasteiger partial charge in [-0.05, 0) is 60.5 Å². The fourth-order valence-electron chi connectivity index (χ4n) is 4.32. The van der Waals surface area contributed by atoms with Gasteiger partial charge in [0, 0.05) is 18.7 Å². The fraction of sp³-hybridized carbons (Fsp3) is 0.250. The van der Waals surface area contributed by atoms with E-state index in [9.17, 15) is 4.79 Å². The van der Waals surface area contributed by atoms with Crippen LogP contribution in [0.25, 0.3) is 6.08 Å². The average Bonchev–Trinajstić information content (AvgIpc) is 3.22. The second-order valence-corrected chi connectivity index (χ2v) is 8.39. The number of hydrogen-bond acceptors (Lipinski definition) is 7. The number of ether oxygens (including phenoxy) is 5. The second-order valence-electron chi connectivity index (χ2n) is 8.39. The van der Waals surface area contributed by atoms with Crippen LogP contribution >= 0.6 is 0 Å². The van der Waals surface area contributed by atoms with Crippen molar-refractivity contribution >= 4 is 11.9 Å². The molecule has 0 radical (unpaired) electrons. The van der Waals surface area contributed by atoms with E-state index in [-0.39, 0.29) is 11.5 Å². The molecule has 0 unspecified atom stereocenters. The predicted octanol–water partition coefficient (Wildman–Crippen LogP) is 4.72. The zero-order valence-corrected chi connectivity index (χ0v) is 20.0. The van der Waals surface area contributed by atoms with E-state index in [2.05, 4.69) is 17.0 Å². The van der Waals surface area contributed by atoms with Crippen LogP contribution in [0.4, 0.5) is 0 Å². The molecule has 2 aliphatic heterocycles. The van der Waals surface area contributed by atoms with E-state index < -0.39 is 0 Å². The average molecular weight is 474 g/mol. The zero-order chi connectivity index (χ0) is 24.4. The Kier molecular flexibility index (Phi) is 6.33. The molecule has 0 saturated heterocycles. The van der Waals surface area contributed by atoms with Crippen LogP contribution < -0.4 is 23.7 Å². The summed E-state index contributed by atoms with van der Waals surface area (Å²) in [6.45, 7) is 1.93. The SMILES string of the molecule is COc1ccc(CCN2COc3ccc4c(c3C2)O/C(=C\c2cc(OC)ccc2OC)C4=O)cc1. The highest BCUT2D eigenvalue weighted by Crippen LogP contribution is 2.42. The molecule has 0 amide bonds. The molecule has 3 aromatic rings. The summed E-state index contributed by atoms with van der Waals surface area (Å²) < 4.78 is 28.1. The first-order valence-corrected chi connectivity index (χ1v) is 11.4. The number of allylic oxidation sites excluding steroid dienone is 1. The maximum absolute atomic E-state index is 13.2. The van der Waals surface area contributed by atoms with Crippen molar-refractivity contribution in [3.63, 3.8) is 0 Å². The van der Waals surface area contributed by atoms with E-state index in [0.29, 0.717) is 41.7 Å². The number of fused-ring (bicyclic) bond motifs is 3. The third-order valence-electron chi connectivity index (χ3n) is 6.28. The molecule has 180 valence electrons. The molecule has 0 atom stereocenters.